The number of rotatable bonds is 5. The molecule has 122 valence electrons. The van der Waals surface area contributed by atoms with Crippen LogP contribution in [0.15, 0.2) is 0 Å². The fourth-order valence-corrected chi connectivity index (χ4v) is 2.29. The first kappa shape index (κ1) is 17.7. The number of carbonyl (C=O) groups excluding carboxylic acids is 2. The molecule has 0 aromatic heterocycles. The number of hydrogen-bond acceptors (Lipinski definition) is 5. The van der Waals surface area contributed by atoms with Crippen molar-refractivity contribution in [1.82, 2.24) is 10.6 Å². The Morgan fingerprint density at radius 3 is 2.24 bits per heavy atom. The molecule has 0 heterocycles. The molecule has 5 N–H and O–H groups in total. The van der Waals surface area contributed by atoms with Gasteiger partial charge < -0.3 is 26.2 Å². The number of ether oxygens (including phenoxy) is 1. The summed E-state index contributed by atoms with van der Waals surface area (Å²) >= 11 is 0. The molecule has 0 aliphatic heterocycles. The summed E-state index contributed by atoms with van der Waals surface area (Å²) < 4.78 is 5.22. The van der Waals surface area contributed by atoms with E-state index < -0.39 is 17.6 Å². The molecule has 0 aromatic rings. The second-order valence-electron chi connectivity index (χ2n) is 6.52. The molecule has 0 radical (unpaired) electrons. The van der Waals surface area contributed by atoms with Crippen LogP contribution >= 0.6 is 0 Å². The average Bonchev–Trinajstić information content (AvgIpc) is 2.35. The van der Waals surface area contributed by atoms with E-state index in [0.717, 1.165) is 25.7 Å². The van der Waals surface area contributed by atoms with Gasteiger partial charge in [0, 0.05) is 18.6 Å². The van der Waals surface area contributed by atoms with Gasteiger partial charge in [0.25, 0.3) is 0 Å². The predicted octanol–water partition coefficient (Wildman–Crippen LogP) is 0.258. The molecule has 0 spiro atoms. The second-order valence-corrected chi connectivity index (χ2v) is 6.52. The van der Waals surface area contributed by atoms with Crippen LogP contribution in [0.4, 0.5) is 4.79 Å². The quantitative estimate of drug-likeness (QED) is 0.581. The van der Waals surface area contributed by atoms with E-state index in [1.807, 2.05) is 20.8 Å². The van der Waals surface area contributed by atoms with Gasteiger partial charge in [0.1, 0.15) is 11.7 Å². The normalized spacial score (nSPS) is 24.2. The summed E-state index contributed by atoms with van der Waals surface area (Å²) in [7, 11) is 0. The summed E-state index contributed by atoms with van der Waals surface area (Å²) in [5, 5.41) is 15.3. The predicted molar refractivity (Wildman–Crippen MR) is 78.6 cm³/mol. The standard InChI is InChI=1S/C14H27N3O4/c1-14(2,3)21-13(20)17-10-6-4-9(5-7-10)16-8-11(18)12(15)19/h9-11,16,18H,4-8H2,1-3H3,(H2,15,19)(H,17,20). The van der Waals surface area contributed by atoms with Crippen LogP contribution in [0.5, 0.6) is 0 Å². The van der Waals surface area contributed by atoms with Crippen LogP contribution in [-0.2, 0) is 9.53 Å². The van der Waals surface area contributed by atoms with Crippen molar-refractivity contribution in [3.05, 3.63) is 0 Å². The summed E-state index contributed by atoms with van der Waals surface area (Å²) in [6.07, 6.45) is 1.87. The van der Waals surface area contributed by atoms with Gasteiger partial charge in [-0.2, -0.15) is 0 Å². The lowest BCUT2D eigenvalue weighted by molar-refractivity contribution is -0.125. The Kier molecular flexibility index (Phi) is 6.42. The Morgan fingerprint density at radius 1 is 1.24 bits per heavy atom. The van der Waals surface area contributed by atoms with Gasteiger partial charge in [-0.3, -0.25) is 4.79 Å². The zero-order valence-corrected chi connectivity index (χ0v) is 13.0. The van der Waals surface area contributed by atoms with Crippen LogP contribution in [0.2, 0.25) is 0 Å². The first-order valence-electron chi connectivity index (χ1n) is 7.37. The number of aliphatic hydroxyl groups excluding tert-OH is 1. The van der Waals surface area contributed by atoms with Crippen molar-refractivity contribution < 1.29 is 19.4 Å². The SMILES string of the molecule is CC(C)(C)OC(=O)NC1CCC(NCC(O)C(N)=O)CC1. The van der Waals surface area contributed by atoms with Gasteiger partial charge in [-0.1, -0.05) is 0 Å². The number of primary amides is 1. The maximum Gasteiger partial charge on any atom is 0.407 e. The lowest BCUT2D eigenvalue weighted by Crippen LogP contribution is -2.46. The molecule has 1 saturated carbocycles. The van der Waals surface area contributed by atoms with E-state index in [9.17, 15) is 14.7 Å². The van der Waals surface area contributed by atoms with Crippen LogP contribution in [0.3, 0.4) is 0 Å². The Balaban J connectivity index is 2.23. The molecule has 1 aliphatic carbocycles. The lowest BCUT2D eigenvalue weighted by Gasteiger charge is -2.30. The first-order valence-corrected chi connectivity index (χ1v) is 7.37. The fraction of sp³-hybridized carbons (Fsp3) is 0.857. The number of nitrogens with one attached hydrogen (secondary N) is 2. The highest BCUT2D eigenvalue weighted by Gasteiger charge is 2.25. The zero-order chi connectivity index (χ0) is 16.0. The van der Waals surface area contributed by atoms with Crippen LogP contribution < -0.4 is 16.4 Å². The van der Waals surface area contributed by atoms with Crippen molar-refractivity contribution in [1.29, 1.82) is 0 Å². The van der Waals surface area contributed by atoms with Gasteiger partial charge in [-0.15, -0.1) is 0 Å². The number of alkyl carbamates (subject to hydrolysis) is 1. The minimum atomic E-state index is -1.15. The summed E-state index contributed by atoms with van der Waals surface area (Å²) in [6.45, 7) is 5.66. The molecule has 1 aliphatic rings. The molecule has 0 saturated heterocycles. The van der Waals surface area contributed by atoms with Crippen LogP contribution in [0, 0.1) is 0 Å². The molecule has 7 nitrogen and oxygen atoms in total. The molecule has 1 atom stereocenters. The molecule has 21 heavy (non-hydrogen) atoms. The number of hydrogen-bond donors (Lipinski definition) is 4. The zero-order valence-electron chi connectivity index (χ0n) is 13.0. The molecular formula is C14H27N3O4. The molecule has 1 fully saturated rings. The van der Waals surface area contributed by atoms with E-state index in [4.69, 9.17) is 10.5 Å². The Morgan fingerprint density at radius 2 is 1.76 bits per heavy atom. The van der Waals surface area contributed by atoms with Gasteiger partial charge in [0.15, 0.2) is 0 Å². The van der Waals surface area contributed by atoms with Crippen molar-refractivity contribution in [3.63, 3.8) is 0 Å². The fourth-order valence-electron chi connectivity index (χ4n) is 2.29. The molecule has 7 heteroatoms. The minimum Gasteiger partial charge on any atom is -0.444 e. The highest BCUT2D eigenvalue weighted by atomic mass is 16.6. The summed E-state index contributed by atoms with van der Waals surface area (Å²) in [5.74, 6) is -0.720. The van der Waals surface area contributed by atoms with Gasteiger partial charge in [0.05, 0.1) is 0 Å². The summed E-state index contributed by atoms with van der Waals surface area (Å²) in [5.41, 5.74) is 4.50. The van der Waals surface area contributed by atoms with E-state index in [2.05, 4.69) is 10.6 Å². The molecule has 0 bridgehead atoms. The summed E-state index contributed by atoms with van der Waals surface area (Å²) in [4.78, 5) is 22.4. The van der Waals surface area contributed by atoms with Crippen LogP contribution in [0.1, 0.15) is 46.5 Å². The molecular weight excluding hydrogens is 274 g/mol. The van der Waals surface area contributed by atoms with Crippen molar-refractivity contribution in [3.8, 4) is 0 Å². The third kappa shape index (κ3) is 7.29. The minimum absolute atomic E-state index is 0.110. The van der Waals surface area contributed by atoms with E-state index in [0.29, 0.717) is 0 Å². The number of carbonyl (C=O) groups is 2. The van der Waals surface area contributed by atoms with Gasteiger partial charge >= 0.3 is 6.09 Å². The highest BCUT2D eigenvalue weighted by molar-refractivity contribution is 5.78. The molecule has 1 unspecified atom stereocenters. The van der Waals surface area contributed by atoms with Crippen molar-refractivity contribution in [2.45, 2.75) is 70.2 Å². The van der Waals surface area contributed by atoms with E-state index >= 15 is 0 Å². The van der Waals surface area contributed by atoms with Crippen molar-refractivity contribution in [2.75, 3.05) is 6.54 Å². The second kappa shape index (κ2) is 7.61. The van der Waals surface area contributed by atoms with E-state index in [1.54, 1.807) is 0 Å². The molecule has 1 rings (SSSR count). The Labute approximate surface area is 125 Å². The Hall–Kier alpha value is -1.34. The smallest absolute Gasteiger partial charge is 0.407 e. The topological polar surface area (TPSA) is 114 Å². The molecule has 0 aromatic carbocycles. The average molecular weight is 301 g/mol. The highest BCUT2D eigenvalue weighted by Crippen LogP contribution is 2.19. The van der Waals surface area contributed by atoms with E-state index in [1.165, 1.54) is 0 Å². The van der Waals surface area contributed by atoms with Crippen molar-refractivity contribution in [2.24, 2.45) is 5.73 Å². The van der Waals surface area contributed by atoms with Gasteiger partial charge in [-0.05, 0) is 46.5 Å². The first-order chi connectivity index (χ1) is 9.67. The third-order valence-electron chi connectivity index (χ3n) is 3.38. The number of nitrogens with two attached hydrogens (primary N) is 1. The maximum atomic E-state index is 11.7. The van der Waals surface area contributed by atoms with Gasteiger partial charge in [0.2, 0.25) is 5.91 Å². The molecule has 2 amide bonds. The Bertz CT molecular complexity index is 360. The largest absolute Gasteiger partial charge is 0.444 e. The third-order valence-corrected chi connectivity index (χ3v) is 3.38. The number of amides is 2. The van der Waals surface area contributed by atoms with Gasteiger partial charge in [-0.25, -0.2) is 4.79 Å². The summed E-state index contributed by atoms with van der Waals surface area (Å²) in [6, 6.07) is 0.342. The number of aliphatic hydroxyl groups is 1. The monoisotopic (exact) mass is 301 g/mol. The van der Waals surface area contributed by atoms with Crippen LogP contribution in [-0.4, -0.2) is 47.4 Å². The maximum absolute atomic E-state index is 11.7. The van der Waals surface area contributed by atoms with E-state index in [-0.39, 0.29) is 24.7 Å². The van der Waals surface area contributed by atoms with Crippen molar-refractivity contribution >= 4 is 12.0 Å². The van der Waals surface area contributed by atoms with Crippen LogP contribution in [0.25, 0.3) is 0 Å². The lowest BCUT2D eigenvalue weighted by atomic mass is 9.91.